The maximum absolute atomic E-state index is 11.9. The van der Waals surface area contributed by atoms with Gasteiger partial charge in [0.25, 0.3) is 0 Å². The minimum atomic E-state index is -3.03. The van der Waals surface area contributed by atoms with E-state index in [9.17, 15) is 18.6 Å². The van der Waals surface area contributed by atoms with Crippen LogP contribution in [0, 0.1) is 0 Å². The average Bonchev–Trinajstić information content (AvgIpc) is 3.39. The number of allylic oxidation sites excluding steroid dienone is 1. The van der Waals surface area contributed by atoms with Gasteiger partial charge in [0.15, 0.2) is 9.84 Å². The van der Waals surface area contributed by atoms with Gasteiger partial charge in [-0.2, -0.15) is 0 Å². The summed E-state index contributed by atoms with van der Waals surface area (Å²) >= 11 is 0. The Balaban J connectivity index is 1.35. The van der Waals surface area contributed by atoms with Crippen molar-refractivity contribution in [2.45, 2.75) is 37.7 Å². The summed E-state index contributed by atoms with van der Waals surface area (Å²) < 4.78 is 36.3. The molecular formula is C30H33NO6S. The fraction of sp³-hybridized carbons (Fsp3) is 0.333. The molecule has 3 aromatic carbocycles. The van der Waals surface area contributed by atoms with Gasteiger partial charge in [-0.3, -0.25) is 4.90 Å². The predicted molar refractivity (Wildman–Crippen MR) is 148 cm³/mol. The molecule has 2 aliphatic rings. The number of phenolic OH excluding ortho intramolecular Hbond substituents is 2. The largest absolute Gasteiger partial charge is 0.508 e. The van der Waals surface area contributed by atoms with E-state index in [0.29, 0.717) is 25.3 Å². The van der Waals surface area contributed by atoms with Crippen LogP contribution >= 0.6 is 0 Å². The molecule has 0 aromatic heterocycles. The molecule has 200 valence electrons. The van der Waals surface area contributed by atoms with Crippen LogP contribution in [0.25, 0.3) is 11.1 Å². The fourth-order valence-corrected chi connectivity index (χ4v) is 6.28. The lowest BCUT2D eigenvalue weighted by Crippen LogP contribution is -2.37. The van der Waals surface area contributed by atoms with Crippen LogP contribution < -0.4 is 9.47 Å². The summed E-state index contributed by atoms with van der Waals surface area (Å²) in [6, 6.07) is 20.0. The molecule has 0 radical (unpaired) electrons. The van der Waals surface area contributed by atoms with Gasteiger partial charge in [-0.1, -0.05) is 24.3 Å². The summed E-state index contributed by atoms with van der Waals surface area (Å²) in [6.45, 7) is 5.81. The molecule has 0 spiro atoms. The van der Waals surface area contributed by atoms with E-state index in [0.717, 1.165) is 40.1 Å². The second kappa shape index (κ2) is 10.3. The SMILES string of the molecule is CC1=C(c2cccc(O)c2)C(c2ccc(OC[C@H](C)N3CC[C@@H](S(C)(=O)=O)C3)cc2)Oc2ccc(O)cc21. The zero-order valence-electron chi connectivity index (χ0n) is 21.8. The third kappa shape index (κ3) is 5.37. The van der Waals surface area contributed by atoms with E-state index in [2.05, 4.69) is 11.8 Å². The number of hydrogen-bond donors (Lipinski definition) is 2. The first kappa shape index (κ1) is 26.1. The second-order valence-electron chi connectivity index (χ2n) is 10.2. The number of nitrogens with zero attached hydrogens (tertiary/aromatic N) is 1. The van der Waals surface area contributed by atoms with Gasteiger partial charge in [0.2, 0.25) is 0 Å². The number of benzene rings is 3. The molecule has 0 bridgehead atoms. The van der Waals surface area contributed by atoms with E-state index in [-0.39, 0.29) is 22.8 Å². The molecular weight excluding hydrogens is 502 g/mol. The highest BCUT2D eigenvalue weighted by molar-refractivity contribution is 7.91. The van der Waals surface area contributed by atoms with Crippen molar-refractivity contribution in [2.24, 2.45) is 0 Å². The number of ether oxygens (including phenoxy) is 2. The third-order valence-corrected chi connectivity index (χ3v) is 9.11. The smallest absolute Gasteiger partial charge is 0.151 e. The number of aromatic hydroxyl groups is 2. The van der Waals surface area contributed by atoms with Gasteiger partial charge < -0.3 is 19.7 Å². The highest BCUT2D eigenvalue weighted by Crippen LogP contribution is 2.47. The van der Waals surface area contributed by atoms with Crippen LogP contribution in [0.15, 0.2) is 66.7 Å². The Kier molecular flexibility index (Phi) is 7.11. The Morgan fingerprint density at radius 2 is 1.79 bits per heavy atom. The molecule has 7 nitrogen and oxygen atoms in total. The molecule has 3 atom stereocenters. The first-order valence-corrected chi connectivity index (χ1v) is 14.7. The van der Waals surface area contributed by atoms with E-state index in [1.165, 1.54) is 6.26 Å². The van der Waals surface area contributed by atoms with Crippen LogP contribution in [-0.4, -0.2) is 60.8 Å². The zero-order chi connectivity index (χ0) is 27.0. The standard InChI is InChI=1S/C30H33NO6S/c1-19(31-14-13-26(17-31)38(3,34)35)18-36-25-10-7-21(8-11-25)30-29(22-5-4-6-23(32)15-22)20(2)27-16-24(33)9-12-28(27)37-30/h4-12,15-16,19,26,30,32-33H,13-14,17-18H2,1-3H3/t19-,26+,30?/m0/s1. The van der Waals surface area contributed by atoms with Crippen molar-refractivity contribution < 1.29 is 28.1 Å². The number of phenols is 2. The Morgan fingerprint density at radius 3 is 2.47 bits per heavy atom. The molecule has 8 heteroatoms. The molecule has 0 aliphatic carbocycles. The van der Waals surface area contributed by atoms with E-state index < -0.39 is 15.9 Å². The van der Waals surface area contributed by atoms with Crippen molar-refractivity contribution in [3.05, 3.63) is 83.4 Å². The molecule has 1 fully saturated rings. The van der Waals surface area contributed by atoms with Gasteiger partial charge in [0.05, 0.1) is 5.25 Å². The van der Waals surface area contributed by atoms with Crippen LogP contribution in [0.2, 0.25) is 0 Å². The topological polar surface area (TPSA) is 96.3 Å². The van der Waals surface area contributed by atoms with Gasteiger partial charge in [-0.05, 0) is 86.0 Å². The lowest BCUT2D eigenvalue weighted by Gasteiger charge is -2.31. The quantitative estimate of drug-likeness (QED) is 0.437. The summed E-state index contributed by atoms with van der Waals surface area (Å²) in [5, 5.41) is 19.9. The lowest BCUT2D eigenvalue weighted by molar-refractivity contribution is 0.172. The first-order chi connectivity index (χ1) is 18.1. The molecule has 2 heterocycles. The van der Waals surface area contributed by atoms with Crippen molar-refractivity contribution in [1.82, 2.24) is 4.90 Å². The highest BCUT2D eigenvalue weighted by atomic mass is 32.2. The number of hydrogen-bond acceptors (Lipinski definition) is 7. The monoisotopic (exact) mass is 535 g/mol. The first-order valence-electron chi connectivity index (χ1n) is 12.8. The molecule has 38 heavy (non-hydrogen) atoms. The Morgan fingerprint density at radius 1 is 1.05 bits per heavy atom. The minimum Gasteiger partial charge on any atom is -0.508 e. The minimum absolute atomic E-state index is 0.0963. The van der Waals surface area contributed by atoms with Crippen LogP contribution in [0.5, 0.6) is 23.0 Å². The summed E-state index contributed by atoms with van der Waals surface area (Å²) in [5.74, 6) is 1.74. The highest BCUT2D eigenvalue weighted by Gasteiger charge is 2.33. The molecule has 1 unspecified atom stereocenters. The van der Waals surface area contributed by atoms with Crippen LogP contribution in [0.3, 0.4) is 0 Å². The lowest BCUT2D eigenvalue weighted by atomic mass is 9.86. The number of fused-ring (bicyclic) bond motifs is 1. The molecule has 2 aliphatic heterocycles. The van der Waals surface area contributed by atoms with Crippen molar-refractivity contribution in [3.8, 4) is 23.0 Å². The van der Waals surface area contributed by atoms with Gasteiger partial charge in [0.1, 0.15) is 35.7 Å². The maximum Gasteiger partial charge on any atom is 0.151 e. The zero-order valence-corrected chi connectivity index (χ0v) is 22.6. The van der Waals surface area contributed by atoms with Crippen molar-refractivity contribution in [3.63, 3.8) is 0 Å². The summed E-state index contributed by atoms with van der Waals surface area (Å²) in [4.78, 5) is 2.17. The van der Waals surface area contributed by atoms with E-state index in [4.69, 9.17) is 9.47 Å². The summed E-state index contributed by atoms with van der Waals surface area (Å²) in [6.07, 6.45) is 1.56. The van der Waals surface area contributed by atoms with Crippen LogP contribution in [0.1, 0.15) is 43.1 Å². The third-order valence-electron chi connectivity index (χ3n) is 7.51. The van der Waals surface area contributed by atoms with Gasteiger partial charge in [0, 0.05) is 30.0 Å². The number of likely N-dealkylation sites (tertiary alicyclic amines) is 1. The van der Waals surface area contributed by atoms with Crippen molar-refractivity contribution in [1.29, 1.82) is 0 Å². The van der Waals surface area contributed by atoms with Gasteiger partial charge in [-0.15, -0.1) is 0 Å². The fourth-order valence-electron chi connectivity index (χ4n) is 5.28. The molecule has 2 N–H and O–H groups in total. The Bertz CT molecular complexity index is 1460. The van der Waals surface area contributed by atoms with Crippen LogP contribution in [0.4, 0.5) is 0 Å². The second-order valence-corrected chi connectivity index (χ2v) is 12.6. The van der Waals surface area contributed by atoms with E-state index >= 15 is 0 Å². The number of sulfone groups is 1. The Hall–Kier alpha value is -3.49. The Labute approximate surface area is 223 Å². The molecule has 1 saturated heterocycles. The van der Waals surface area contributed by atoms with Crippen molar-refractivity contribution in [2.75, 3.05) is 26.0 Å². The maximum atomic E-state index is 11.9. The van der Waals surface area contributed by atoms with Gasteiger partial charge >= 0.3 is 0 Å². The normalized spacial score (nSPS) is 20.6. The predicted octanol–water partition coefficient (Wildman–Crippen LogP) is 5.05. The average molecular weight is 536 g/mol. The van der Waals surface area contributed by atoms with E-state index in [1.54, 1.807) is 36.4 Å². The molecule has 0 amide bonds. The molecule has 5 rings (SSSR count). The number of rotatable bonds is 7. The molecule has 0 saturated carbocycles. The summed E-state index contributed by atoms with van der Waals surface area (Å²) in [5.41, 5.74) is 4.46. The van der Waals surface area contributed by atoms with E-state index in [1.807, 2.05) is 37.3 Å². The summed E-state index contributed by atoms with van der Waals surface area (Å²) in [7, 11) is -3.03. The van der Waals surface area contributed by atoms with Gasteiger partial charge in [-0.25, -0.2) is 8.42 Å². The van der Waals surface area contributed by atoms with Crippen LogP contribution in [-0.2, 0) is 9.84 Å². The molecule has 3 aromatic rings. The van der Waals surface area contributed by atoms with Crippen molar-refractivity contribution >= 4 is 21.0 Å².